The van der Waals surface area contributed by atoms with Crippen molar-refractivity contribution < 1.29 is 14.7 Å². The maximum atomic E-state index is 11.4. The second-order valence-corrected chi connectivity index (χ2v) is 4.52. The number of carboxylic acids is 1. The van der Waals surface area contributed by atoms with Gasteiger partial charge in [-0.05, 0) is 25.1 Å². The van der Waals surface area contributed by atoms with E-state index in [0.717, 1.165) is 0 Å². The normalized spacial score (nSPS) is 11.5. The minimum atomic E-state index is -0.895. The minimum Gasteiger partial charge on any atom is -0.481 e. The second-order valence-electron chi connectivity index (χ2n) is 4.52. The molecule has 1 aromatic rings. The quantitative estimate of drug-likeness (QED) is 0.818. The maximum Gasteiger partial charge on any atom is 0.308 e. The summed E-state index contributed by atoms with van der Waals surface area (Å²) in [6.07, 6.45) is 0. The molecule has 5 nitrogen and oxygen atoms in total. The zero-order valence-corrected chi connectivity index (χ0v) is 11.2. The van der Waals surface area contributed by atoms with E-state index >= 15 is 0 Å². The molecule has 0 aliphatic heterocycles. The van der Waals surface area contributed by atoms with Gasteiger partial charge in [0.2, 0.25) is 0 Å². The van der Waals surface area contributed by atoms with Gasteiger partial charge in [-0.2, -0.15) is 5.26 Å². The molecule has 0 saturated heterocycles. The Hall–Kier alpha value is -2.35. The Morgan fingerprint density at radius 3 is 2.58 bits per heavy atom. The fourth-order valence-electron chi connectivity index (χ4n) is 1.75. The fourth-order valence-corrected chi connectivity index (χ4v) is 1.75. The molecule has 0 aliphatic rings. The van der Waals surface area contributed by atoms with Gasteiger partial charge in [-0.1, -0.05) is 6.92 Å². The van der Waals surface area contributed by atoms with Crippen LogP contribution in [-0.4, -0.2) is 30.5 Å². The van der Waals surface area contributed by atoms with Crippen molar-refractivity contribution in [2.24, 2.45) is 5.92 Å². The average molecular weight is 260 g/mol. The first-order valence-corrected chi connectivity index (χ1v) is 5.85. The summed E-state index contributed by atoms with van der Waals surface area (Å²) in [5.74, 6) is -1.55. The van der Waals surface area contributed by atoms with E-state index in [2.05, 4.69) is 0 Å². The summed E-state index contributed by atoms with van der Waals surface area (Å²) in [7, 11) is 1.71. The van der Waals surface area contributed by atoms with Crippen molar-refractivity contribution in [1.29, 1.82) is 5.26 Å². The number of rotatable bonds is 5. The summed E-state index contributed by atoms with van der Waals surface area (Å²) in [6, 6.07) is 6.84. The third-order valence-electron chi connectivity index (χ3n) is 2.91. The fraction of sp³-hybridized carbons (Fsp3) is 0.357. The number of nitrogens with zero attached hydrogens (tertiary/aromatic N) is 2. The van der Waals surface area contributed by atoms with Crippen LogP contribution >= 0.6 is 0 Å². The molecule has 1 rings (SSSR count). The predicted octanol–water partition coefficient (Wildman–Crippen LogP) is 1.92. The average Bonchev–Trinajstić information content (AvgIpc) is 2.37. The summed E-state index contributed by atoms with van der Waals surface area (Å²) in [5.41, 5.74) is 1.50. The summed E-state index contributed by atoms with van der Waals surface area (Å²) in [5, 5.41) is 18.0. The Kier molecular flexibility index (Phi) is 4.65. The molecule has 19 heavy (non-hydrogen) atoms. The highest BCUT2D eigenvalue weighted by molar-refractivity contribution is 5.95. The van der Waals surface area contributed by atoms with E-state index in [-0.39, 0.29) is 12.3 Å². The highest BCUT2D eigenvalue weighted by Gasteiger charge is 2.16. The summed E-state index contributed by atoms with van der Waals surface area (Å²) in [6.45, 7) is 3.32. The van der Waals surface area contributed by atoms with Crippen LogP contribution in [0.5, 0.6) is 0 Å². The summed E-state index contributed by atoms with van der Waals surface area (Å²) in [4.78, 5) is 23.9. The molecule has 0 fully saturated rings. The third kappa shape index (κ3) is 3.55. The predicted molar refractivity (Wildman–Crippen MR) is 71.2 cm³/mol. The molecule has 0 amide bonds. The Labute approximate surface area is 112 Å². The maximum absolute atomic E-state index is 11.4. The highest BCUT2D eigenvalue weighted by atomic mass is 16.4. The van der Waals surface area contributed by atoms with Crippen molar-refractivity contribution >= 4 is 17.4 Å². The number of Topliss-reactive ketones (excluding diaryl/α,β-unsaturated/α-hetero) is 1. The van der Waals surface area contributed by atoms with Crippen LogP contribution in [-0.2, 0) is 4.79 Å². The molecule has 1 atom stereocenters. The van der Waals surface area contributed by atoms with Crippen LogP contribution in [0, 0.1) is 17.2 Å². The van der Waals surface area contributed by atoms with Crippen molar-refractivity contribution in [1.82, 2.24) is 0 Å². The lowest BCUT2D eigenvalue weighted by atomic mass is 10.1. The number of anilines is 1. The van der Waals surface area contributed by atoms with E-state index in [1.54, 1.807) is 37.1 Å². The number of carboxylic acid groups (broad SMARTS) is 1. The van der Waals surface area contributed by atoms with E-state index in [0.29, 0.717) is 16.8 Å². The van der Waals surface area contributed by atoms with Crippen molar-refractivity contribution in [2.45, 2.75) is 13.8 Å². The molecule has 0 spiro atoms. The topological polar surface area (TPSA) is 81.4 Å². The summed E-state index contributed by atoms with van der Waals surface area (Å²) >= 11 is 0. The molecule has 5 heteroatoms. The van der Waals surface area contributed by atoms with Gasteiger partial charge in [0, 0.05) is 19.2 Å². The number of benzene rings is 1. The van der Waals surface area contributed by atoms with Gasteiger partial charge in [0.1, 0.15) is 6.07 Å². The van der Waals surface area contributed by atoms with Gasteiger partial charge in [0.05, 0.1) is 17.2 Å². The zero-order chi connectivity index (χ0) is 14.6. The van der Waals surface area contributed by atoms with Crippen molar-refractivity contribution in [3.05, 3.63) is 29.3 Å². The molecular formula is C14H16N2O3. The van der Waals surface area contributed by atoms with Gasteiger partial charge in [0.15, 0.2) is 5.78 Å². The van der Waals surface area contributed by atoms with Crippen LogP contribution in [0.15, 0.2) is 18.2 Å². The molecule has 0 saturated carbocycles. The SMILES string of the molecule is CC(=O)c1ccc(C#N)c(N(C)CC(C)C(=O)O)c1. The van der Waals surface area contributed by atoms with Crippen LogP contribution in [0.4, 0.5) is 5.69 Å². The lowest BCUT2D eigenvalue weighted by Gasteiger charge is -2.23. The van der Waals surface area contributed by atoms with E-state index in [4.69, 9.17) is 10.4 Å². The van der Waals surface area contributed by atoms with Crippen LogP contribution in [0.3, 0.4) is 0 Å². The Balaban J connectivity index is 3.10. The lowest BCUT2D eigenvalue weighted by molar-refractivity contribution is -0.140. The first kappa shape index (κ1) is 14.7. The Morgan fingerprint density at radius 1 is 1.47 bits per heavy atom. The van der Waals surface area contributed by atoms with Gasteiger partial charge in [0.25, 0.3) is 0 Å². The van der Waals surface area contributed by atoms with E-state index in [9.17, 15) is 9.59 Å². The smallest absolute Gasteiger partial charge is 0.308 e. The number of hydrogen-bond donors (Lipinski definition) is 1. The number of carbonyl (C=O) groups is 2. The molecule has 0 heterocycles. The van der Waals surface area contributed by atoms with Crippen LogP contribution in [0.25, 0.3) is 0 Å². The number of ketones is 1. The largest absolute Gasteiger partial charge is 0.481 e. The van der Waals surface area contributed by atoms with Gasteiger partial charge in [-0.25, -0.2) is 0 Å². The number of nitriles is 1. The number of hydrogen-bond acceptors (Lipinski definition) is 4. The standard InChI is InChI=1S/C14H16N2O3/c1-9(14(18)19)8-16(3)13-6-11(10(2)17)4-5-12(13)7-15/h4-6,9H,8H2,1-3H3,(H,18,19). The first-order valence-electron chi connectivity index (χ1n) is 5.85. The second kappa shape index (κ2) is 6.01. The van der Waals surface area contributed by atoms with Crippen LogP contribution in [0.2, 0.25) is 0 Å². The van der Waals surface area contributed by atoms with E-state index in [1.165, 1.54) is 6.92 Å². The van der Waals surface area contributed by atoms with Crippen LogP contribution < -0.4 is 4.90 Å². The van der Waals surface area contributed by atoms with Crippen molar-refractivity contribution in [3.8, 4) is 6.07 Å². The number of carbonyl (C=O) groups excluding carboxylic acids is 1. The third-order valence-corrected chi connectivity index (χ3v) is 2.91. The Morgan fingerprint density at radius 2 is 2.11 bits per heavy atom. The molecule has 0 radical (unpaired) electrons. The van der Waals surface area contributed by atoms with Crippen molar-refractivity contribution in [2.75, 3.05) is 18.5 Å². The minimum absolute atomic E-state index is 0.0922. The molecule has 1 N–H and O–H groups in total. The van der Waals surface area contributed by atoms with Gasteiger partial charge in [-0.15, -0.1) is 0 Å². The lowest BCUT2D eigenvalue weighted by Crippen LogP contribution is -2.29. The molecule has 0 aromatic heterocycles. The molecular weight excluding hydrogens is 244 g/mol. The van der Waals surface area contributed by atoms with E-state index in [1.807, 2.05) is 6.07 Å². The van der Waals surface area contributed by atoms with Gasteiger partial charge in [-0.3, -0.25) is 9.59 Å². The van der Waals surface area contributed by atoms with Crippen LogP contribution in [0.1, 0.15) is 29.8 Å². The Bertz CT molecular complexity index is 546. The number of aliphatic carboxylic acids is 1. The molecule has 1 unspecified atom stereocenters. The van der Waals surface area contributed by atoms with Gasteiger partial charge >= 0.3 is 5.97 Å². The summed E-state index contributed by atoms with van der Waals surface area (Å²) < 4.78 is 0. The highest BCUT2D eigenvalue weighted by Crippen LogP contribution is 2.22. The van der Waals surface area contributed by atoms with Crippen molar-refractivity contribution in [3.63, 3.8) is 0 Å². The molecule has 0 aliphatic carbocycles. The molecule has 0 bridgehead atoms. The molecule has 1 aromatic carbocycles. The van der Waals surface area contributed by atoms with E-state index < -0.39 is 11.9 Å². The molecule has 100 valence electrons. The van der Waals surface area contributed by atoms with Gasteiger partial charge < -0.3 is 10.0 Å². The monoisotopic (exact) mass is 260 g/mol. The first-order chi connectivity index (χ1) is 8.86. The zero-order valence-electron chi connectivity index (χ0n) is 11.2.